The Morgan fingerprint density at radius 3 is 2.50 bits per heavy atom. The van der Waals surface area contributed by atoms with E-state index in [0.717, 1.165) is 13.0 Å². The Morgan fingerprint density at radius 2 is 1.80 bits per heavy atom. The van der Waals surface area contributed by atoms with E-state index >= 15 is 0 Å². The SMILES string of the molecule is NC(=O)c1ccccc1NC(=O)CCCn1cccc1. The quantitative estimate of drug-likeness (QED) is 0.843. The number of hydrogen-bond donors (Lipinski definition) is 2. The monoisotopic (exact) mass is 271 g/mol. The van der Waals surface area contributed by atoms with Crippen LogP contribution in [0.1, 0.15) is 23.2 Å². The standard InChI is InChI=1S/C15H17N3O2/c16-15(20)12-6-1-2-7-13(12)17-14(19)8-5-11-18-9-3-4-10-18/h1-4,6-7,9-10H,5,8,11H2,(H2,16,20)(H,17,19). The third kappa shape index (κ3) is 3.71. The van der Waals surface area contributed by atoms with Crippen LogP contribution in [0.2, 0.25) is 0 Å². The lowest BCUT2D eigenvalue weighted by Crippen LogP contribution is -2.18. The van der Waals surface area contributed by atoms with Crippen LogP contribution in [0.5, 0.6) is 0 Å². The van der Waals surface area contributed by atoms with Crippen LogP contribution in [0.3, 0.4) is 0 Å². The highest BCUT2D eigenvalue weighted by molar-refractivity contribution is 6.02. The van der Waals surface area contributed by atoms with Gasteiger partial charge in [0, 0.05) is 25.4 Å². The van der Waals surface area contributed by atoms with Gasteiger partial charge in [-0.2, -0.15) is 0 Å². The van der Waals surface area contributed by atoms with Gasteiger partial charge in [-0.15, -0.1) is 0 Å². The molecular weight excluding hydrogens is 254 g/mol. The summed E-state index contributed by atoms with van der Waals surface area (Å²) in [5.41, 5.74) is 6.05. The molecule has 0 fully saturated rings. The van der Waals surface area contributed by atoms with Gasteiger partial charge >= 0.3 is 0 Å². The van der Waals surface area contributed by atoms with Gasteiger partial charge in [0.05, 0.1) is 11.3 Å². The first kappa shape index (κ1) is 13.9. The smallest absolute Gasteiger partial charge is 0.250 e. The zero-order valence-corrected chi connectivity index (χ0v) is 11.1. The molecule has 0 saturated carbocycles. The number of benzene rings is 1. The minimum atomic E-state index is -0.548. The summed E-state index contributed by atoms with van der Waals surface area (Å²) in [6.07, 6.45) is 5.05. The van der Waals surface area contributed by atoms with Crippen LogP contribution in [-0.4, -0.2) is 16.4 Å². The predicted molar refractivity (Wildman–Crippen MR) is 77.3 cm³/mol. The Bertz CT molecular complexity index is 591. The first-order chi connectivity index (χ1) is 9.66. The lowest BCUT2D eigenvalue weighted by molar-refractivity contribution is -0.116. The van der Waals surface area contributed by atoms with Crippen molar-refractivity contribution < 1.29 is 9.59 Å². The average molecular weight is 271 g/mol. The molecule has 0 aliphatic carbocycles. The Morgan fingerprint density at radius 1 is 1.10 bits per heavy atom. The Labute approximate surface area is 117 Å². The van der Waals surface area contributed by atoms with Crippen LogP contribution in [0.25, 0.3) is 0 Å². The number of aryl methyl sites for hydroxylation is 1. The van der Waals surface area contributed by atoms with E-state index in [2.05, 4.69) is 5.32 Å². The summed E-state index contributed by atoms with van der Waals surface area (Å²) in [4.78, 5) is 23.1. The van der Waals surface area contributed by atoms with Crippen LogP contribution >= 0.6 is 0 Å². The molecule has 104 valence electrons. The molecule has 0 saturated heterocycles. The minimum absolute atomic E-state index is 0.120. The van der Waals surface area contributed by atoms with Crippen molar-refractivity contribution in [2.75, 3.05) is 5.32 Å². The summed E-state index contributed by atoms with van der Waals surface area (Å²) in [6, 6.07) is 10.6. The first-order valence-corrected chi connectivity index (χ1v) is 6.46. The molecule has 1 aromatic heterocycles. The van der Waals surface area contributed by atoms with Crippen molar-refractivity contribution in [1.29, 1.82) is 0 Å². The van der Waals surface area contributed by atoms with Gasteiger partial charge in [0.2, 0.25) is 5.91 Å². The largest absolute Gasteiger partial charge is 0.366 e. The fourth-order valence-corrected chi connectivity index (χ4v) is 1.96. The second kappa shape index (κ2) is 6.56. The van der Waals surface area contributed by atoms with Crippen molar-refractivity contribution in [3.05, 3.63) is 54.4 Å². The number of hydrogen-bond acceptors (Lipinski definition) is 2. The third-order valence-corrected chi connectivity index (χ3v) is 2.95. The van der Waals surface area contributed by atoms with Gasteiger partial charge in [-0.1, -0.05) is 12.1 Å². The number of nitrogens with one attached hydrogen (secondary N) is 1. The molecule has 2 aromatic rings. The van der Waals surface area contributed by atoms with Crippen molar-refractivity contribution in [3.63, 3.8) is 0 Å². The van der Waals surface area contributed by atoms with E-state index in [1.54, 1.807) is 24.3 Å². The average Bonchev–Trinajstić information content (AvgIpc) is 2.92. The molecule has 5 nitrogen and oxygen atoms in total. The fraction of sp³-hybridized carbons (Fsp3) is 0.200. The number of aromatic nitrogens is 1. The van der Waals surface area contributed by atoms with Crippen LogP contribution in [0, 0.1) is 0 Å². The number of amides is 2. The van der Waals surface area contributed by atoms with E-state index in [1.165, 1.54) is 0 Å². The molecule has 0 bridgehead atoms. The van der Waals surface area contributed by atoms with Gasteiger partial charge in [0.15, 0.2) is 0 Å². The van der Waals surface area contributed by atoms with Crippen LogP contribution in [0.4, 0.5) is 5.69 Å². The highest BCUT2D eigenvalue weighted by Gasteiger charge is 2.09. The maximum atomic E-state index is 11.8. The lowest BCUT2D eigenvalue weighted by atomic mass is 10.1. The molecule has 0 unspecified atom stereocenters. The Balaban J connectivity index is 1.87. The number of rotatable bonds is 6. The molecule has 1 heterocycles. The first-order valence-electron chi connectivity index (χ1n) is 6.46. The number of nitrogens with zero attached hydrogens (tertiary/aromatic N) is 1. The molecule has 0 atom stereocenters. The maximum absolute atomic E-state index is 11.8. The van der Waals surface area contributed by atoms with Gasteiger partial charge in [-0.3, -0.25) is 9.59 Å². The molecular formula is C15H17N3O2. The maximum Gasteiger partial charge on any atom is 0.250 e. The predicted octanol–water partition coefficient (Wildman–Crippen LogP) is 2.01. The van der Waals surface area contributed by atoms with Crippen molar-refractivity contribution >= 4 is 17.5 Å². The van der Waals surface area contributed by atoms with E-state index in [1.807, 2.05) is 29.1 Å². The van der Waals surface area contributed by atoms with Crippen molar-refractivity contribution in [1.82, 2.24) is 4.57 Å². The van der Waals surface area contributed by atoms with E-state index in [-0.39, 0.29) is 5.91 Å². The van der Waals surface area contributed by atoms with Crippen molar-refractivity contribution in [2.45, 2.75) is 19.4 Å². The summed E-state index contributed by atoms with van der Waals surface area (Å²) in [6.45, 7) is 0.790. The second-order valence-electron chi connectivity index (χ2n) is 4.48. The Hall–Kier alpha value is -2.56. The van der Waals surface area contributed by atoms with E-state index in [9.17, 15) is 9.59 Å². The van der Waals surface area contributed by atoms with Crippen molar-refractivity contribution in [2.24, 2.45) is 5.73 Å². The summed E-state index contributed by atoms with van der Waals surface area (Å²) in [5, 5.41) is 2.72. The number of carbonyl (C=O) groups excluding carboxylic acids is 2. The lowest BCUT2D eigenvalue weighted by Gasteiger charge is -2.09. The summed E-state index contributed by atoms with van der Waals surface area (Å²) < 4.78 is 2.02. The fourth-order valence-electron chi connectivity index (χ4n) is 1.96. The number of anilines is 1. The molecule has 0 radical (unpaired) electrons. The molecule has 5 heteroatoms. The third-order valence-electron chi connectivity index (χ3n) is 2.95. The summed E-state index contributed by atoms with van der Waals surface area (Å²) in [5.74, 6) is -0.668. The van der Waals surface area contributed by atoms with Crippen LogP contribution < -0.4 is 11.1 Å². The van der Waals surface area contributed by atoms with Gasteiger partial charge < -0.3 is 15.6 Å². The molecule has 3 N–H and O–H groups in total. The topological polar surface area (TPSA) is 77.1 Å². The number of primary amides is 1. The molecule has 0 aliphatic rings. The highest BCUT2D eigenvalue weighted by Crippen LogP contribution is 2.14. The highest BCUT2D eigenvalue weighted by atomic mass is 16.2. The summed E-state index contributed by atoms with van der Waals surface area (Å²) in [7, 11) is 0. The second-order valence-corrected chi connectivity index (χ2v) is 4.48. The molecule has 0 aliphatic heterocycles. The van der Waals surface area contributed by atoms with Crippen LogP contribution in [0.15, 0.2) is 48.8 Å². The summed E-state index contributed by atoms with van der Waals surface area (Å²) >= 11 is 0. The van der Waals surface area contributed by atoms with Crippen LogP contribution in [-0.2, 0) is 11.3 Å². The normalized spacial score (nSPS) is 10.2. The molecule has 2 amide bonds. The zero-order valence-electron chi connectivity index (χ0n) is 11.1. The van der Waals surface area contributed by atoms with Gasteiger partial charge in [-0.25, -0.2) is 0 Å². The zero-order chi connectivity index (χ0) is 14.4. The molecule has 0 spiro atoms. The number of nitrogens with two attached hydrogens (primary N) is 1. The molecule has 2 rings (SSSR count). The number of para-hydroxylation sites is 1. The van der Waals surface area contributed by atoms with Gasteiger partial charge in [0.1, 0.15) is 0 Å². The van der Waals surface area contributed by atoms with Crippen molar-refractivity contribution in [3.8, 4) is 0 Å². The molecule has 20 heavy (non-hydrogen) atoms. The van der Waals surface area contributed by atoms with Gasteiger partial charge in [0.25, 0.3) is 5.91 Å². The minimum Gasteiger partial charge on any atom is -0.366 e. The number of carbonyl (C=O) groups is 2. The van der Waals surface area contributed by atoms with E-state index in [4.69, 9.17) is 5.73 Å². The molecule has 1 aromatic carbocycles. The van der Waals surface area contributed by atoms with E-state index in [0.29, 0.717) is 17.7 Å². The van der Waals surface area contributed by atoms with E-state index < -0.39 is 5.91 Å². The Kier molecular flexibility index (Phi) is 4.55. The van der Waals surface area contributed by atoms with Gasteiger partial charge in [-0.05, 0) is 30.7 Å².